The fourth-order valence-electron chi connectivity index (χ4n) is 1.62. The van der Waals surface area contributed by atoms with Gasteiger partial charge >= 0.3 is 0 Å². The first-order valence-electron chi connectivity index (χ1n) is 6.52. The Morgan fingerprint density at radius 3 is 2.64 bits per heavy atom. The minimum absolute atomic E-state index is 0.101. The molecule has 0 fully saturated rings. The molecule has 0 atom stereocenters. The van der Waals surface area contributed by atoms with Crippen molar-refractivity contribution in [2.45, 2.75) is 0 Å². The molecule has 0 spiro atoms. The lowest BCUT2D eigenvalue weighted by molar-refractivity contribution is -0.123. The SMILES string of the molecule is COc1ccc(OCC(=O)N/N=C/c2cccc(I)c2)cc1. The number of benzene rings is 2. The van der Waals surface area contributed by atoms with E-state index in [4.69, 9.17) is 9.47 Å². The van der Waals surface area contributed by atoms with Crippen molar-refractivity contribution in [2.75, 3.05) is 13.7 Å². The summed E-state index contributed by atoms with van der Waals surface area (Å²) in [5.74, 6) is 1.01. The van der Waals surface area contributed by atoms with Crippen LogP contribution in [0.15, 0.2) is 53.6 Å². The maximum absolute atomic E-state index is 11.6. The van der Waals surface area contributed by atoms with Crippen molar-refractivity contribution in [1.29, 1.82) is 0 Å². The zero-order valence-electron chi connectivity index (χ0n) is 12.0. The molecule has 1 amide bonds. The predicted molar refractivity (Wildman–Crippen MR) is 93.4 cm³/mol. The molecule has 5 nitrogen and oxygen atoms in total. The van der Waals surface area contributed by atoms with Crippen LogP contribution < -0.4 is 14.9 Å². The number of methoxy groups -OCH3 is 1. The lowest BCUT2D eigenvalue weighted by atomic mass is 10.2. The molecule has 0 saturated carbocycles. The van der Waals surface area contributed by atoms with Crippen LogP contribution in [-0.4, -0.2) is 25.8 Å². The van der Waals surface area contributed by atoms with Crippen molar-refractivity contribution in [1.82, 2.24) is 5.43 Å². The molecule has 22 heavy (non-hydrogen) atoms. The van der Waals surface area contributed by atoms with Crippen molar-refractivity contribution in [3.63, 3.8) is 0 Å². The number of nitrogens with one attached hydrogen (secondary N) is 1. The zero-order chi connectivity index (χ0) is 15.8. The van der Waals surface area contributed by atoms with Gasteiger partial charge in [0.2, 0.25) is 0 Å². The standard InChI is InChI=1S/C16H15IN2O3/c1-21-14-5-7-15(8-6-14)22-11-16(20)19-18-10-12-3-2-4-13(17)9-12/h2-10H,11H2,1H3,(H,19,20)/b18-10+. The van der Waals surface area contributed by atoms with Gasteiger partial charge in [-0.1, -0.05) is 12.1 Å². The summed E-state index contributed by atoms with van der Waals surface area (Å²) >= 11 is 2.22. The number of ether oxygens (including phenoxy) is 2. The molecule has 0 aliphatic carbocycles. The van der Waals surface area contributed by atoms with Crippen LogP contribution in [0.25, 0.3) is 0 Å². The smallest absolute Gasteiger partial charge is 0.277 e. The van der Waals surface area contributed by atoms with E-state index in [0.717, 1.165) is 14.9 Å². The summed E-state index contributed by atoms with van der Waals surface area (Å²) < 4.78 is 11.5. The minimum Gasteiger partial charge on any atom is -0.497 e. The Morgan fingerprint density at radius 2 is 1.95 bits per heavy atom. The van der Waals surface area contributed by atoms with Crippen molar-refractivity contribution >= 4 is 34.7 Å². The first-order valence-corrected chi connectivity index (χ1v) is 7.59. The molecule has 6 heteroatoms. The number of carbonyl (C=O) groups is 1. The van der Waals surface area contributed by atoms with Gasteiger partial charge in [0.1, 0.15) is 11.5 Å². The first-order chi connectivity index (χ1) is 10.7. The van der Waals surface area contributed by atoms with Gasteiger partial charge in [0.05, 0.1) is 13.3 Å². The van der Waals surface area contributed by atoms with Crippen LogP contribution in [0.1, 0.15) is 5.56 Å². The molecule has 2 rings (SSSR count). The van der Waals surface area contributed by atoms with E-state index in [-0.39, 0.29) is 12.5 Å². The van der Waals surface area contributed by atoms with Crippen LogP contribution >= 0.6 is 22.6 Å². The number of amides is 1. The topological polar surface area (TPSA) is 59.9 Å². The predicted octanol–water partition coefficient (Wildman–Crippen LogP) is 2.83. The van der Waals surface area contributed by atoms with E-state index >= 15 is 0 Å². The molecule has 2 aromatic carbocycles. The average molecular weight is 410 g/mol. The normalized spacial score (nSPS) is 10.5. The maximum Gasteiger partial charge on any atom is 0.277 e. The van der Waals surface area contributed by atoms with Gasteiger partial charge < -0.3 is 9.47 Å². The molecule has 0 radical (unpaired) electrons. The molecule has 1 N–H and O–H groups in total. The van der Waals surface area contributed by atoms with Crippen LogP contribution in [0.5, 0.6) is 11.5 Å². The molecule has 0 saturated heterocycles. The summed E-state index contributed by atoms with van der Waals surface area (Å²) in [6, 6.07) is 14.8. The average Bonchev–Trinajstić information content (AvgIpc) is 2.53. The zero-order valence-corrected chi connectivity index (χ0v) is 14.1. The number of carbonyl (C=O) groups excluding carboxylic acids is 1. The summed E-state index contributed by atoms with van der Waals surface area (Å²) in [5.41, 5.74) is 3.34. The van der Waals surface area contributed by atoms with Gasteiger partial charge in [-0.25, -0.2) is 5.43 Å². The van der Waals surface area contributed by atoms with Crippen LogP contribution in [0.3, 0.4) is 0 Å². The lowest BCUT2D eigenvalue weighted by Crippen LogP contribution is -2.24. The number of nitrogens with zero attached hydrogens (tertiary/aromatic N) is 1. The number of hydrazone groups is 1. The fraction of sp³-hybridized carbons (Fsp3) is 0.125. The van der Waals surface area contributed by atoms with Crippen LogP contribution in [0, 0.1) is 3.57 Å². The Morgan fingerprint density at radius 1 is 1.23 bits per heavy atom. The number of rotatable bonds is 6. The maximum atomic E-state index is 11.6. The van der Waals surface area contributed by atoms with Crippen LogP contribution in [-0.2, 0) is 4.79 Å². The van der Waals surface area contributed by atoms with Gasteiger partial charge in [-0.05, 0) is 64.6 Å². The Bertz CT molecular complexity index is 657. The molecule has 0 aliphatic rings. The summed E-state index contributed by atoms with van der Waals surface area (Å²) in [4.78, 5) is 11.6. The van der Waals surface area contributed by atoms with E-state index < -0.39 is 0 Å². The van der Waals surface area contributed by atoms with Gasteiger partial charge in [-0.2, -0.15) is 5.10 Å². The van der Waals surface area contributed by atoms with Crippen LogP contribution in [0.2, 0.25) is 0 Å². The third-order valence-corrected chi connectivity index (χ3v) is 3.35. The number of halogens is 1. The van der Waals surface area contributed by atoms with Gasteiger partial charge in [0, 0.05) is 3.57 Å². The molecular formula is C16H15IN2O3. The third-order valence-electron chi connectivity index (χ3n) is 2.68. The van der Waals surface area contributed by atoms with Gasteiger partial charge in [0.25, 0.3) is 5.91 Å². The summed E-state index contributed by atoms with van der Waals surface area (Å²) in [6.07, 6.45) is 1.59. The Balaban J connectivity index is 1.77. The Hall–Kier alpha value is -2.09. The summed E-state index contributed by atoms with van der Waals surface area (Å²) in [7, 11) is 1.59. The highest BCUT2D eigenvalue weighted by Gasteiger charge is 2.01. The van der Waals surface area contributed by atoms with Crippen LogP contribution in [0.4, 0.5) is 0 Å². The second kappa shape index (κ2) is 8.38. The highest BCUT2D eigenvalue weighted by molar-refractivity contribution is 14.1. The summed E-state index contributed by atoms with van der Waals surface area (Å²) in [5, 5.41) is 3.89. The molecule has 114 valence electrons. The number of hydrogen-bond donors (Lipinski definition) is 1. The molecule has 0 bridgehead atoms. The minimum atomic E-state index is -0.322. The number of hydrogen-bond acceptors (Lipinski definition) is 4. The highest BCUT2D eigenvalue weighted by atomic mass is 127. The monoisotopic (exact) mass is 410 g/mol. The Labute approximate surface area is 142 Å². The highest BCUT2D eigenvalue weighted by Crippen LogP contribution is 2.16. The second-order valence-corrected chi connectivity index (χ2v) is 5.56. The molecule has 0 aromatic heterocycles. The molecule has 2 aromatic rings. The van der Waals surface area contributed by atoms with E-state index in [1.165, 1.54) is 0 Å². The molecule has 0 heterocycles. The van der Waals surface area contributed by atoms with E-state index in [1.54, 1.807) is 37.6 Å². The van der Waals surface area contributed by atoms with Crippen molar-refractivity contribution in [2.24, 2.45) is 5.10 Å². The molecule has 0 unspecified atom stereocenters. The van der Waals surface area contributed by atoms with E-state index in [0.29, 0.717) is 5.75 Å². The van der Waals surface area contributed by atoms with Gasteiger partial charge in [0.15, 0.2) is 6.61 Å². The largest absolute Gasteiger partial charge is 0.497 e. The van der Waals surface area contributed by atoms with E-state index in [9.17, 15) is 4.79 Å². The molecular weight excluding hydrogens is 395 g/mol. The quantitative estimate of drug-likeness (QED) is 0.453. The molecule has 0 aliphatic heterocycles. The first kappa shape index (κ1) is 16.3. The van der Waals surface area contributed by atoms with Crippen molar-refractivity contribution in [3.05, 3.63) is 57.7 Å². The van der Waals surface area contributed by atoms with Crippen molar-refractivity contribution in [3.8, 4) is 11.5 Å². The van der Waals surface area contributed by atoms with Gasteiger partial charge in [-0.3, -0.25) is 4.79 Å². The van der Waals surface area contributed by atoms with Crippen molar-refractivity contribution < 1.29 is 14.3 Å². The fourth-order valence-corrected chi connectivity index (χ4v) is 2.19. The second-order valence-electron chi connectivity index (χ2n) is 4.31. The van der Waals surface area contributed by atoms with E-state index in [2.05, 4.69) is 33.1 Å². The van der Waals surface area contributed by atoms with E-state index in [1.807, 2.05) is 24.3 Å². The summed E-state index contributed by atoms with van der Waals surface area (Å²) in [6.45, 7) is -0.101. The lowest BCUT2D eigenvalue weighted by Gasteiger charge is -2.05. The third kappa shape index (κ3) is 5.36. The Kier molecular flexibility index (Phi) is 6.20. The van der Waals surface area contributed by atoms with Gasteiger partial charge in [-0.15, -0.1) is 0 Å².